The highest BCUT2D eigenvalue weighted by molar-refractivity contribution is 5.52. The molecule has 2 aliphatic rings. The largest absolute Gasteiger partial charge is 0.315 e. The van der Waals surface area contributed by atoms with Gasteiger partial charge in [-0.15, -0.1) is 0 Å². The van der Waals surface area contributed by atoms with E-state index in [2.05, 4.69) is 10.4 Å². The fraction of sp³-hybridized carbons (Fsp3) is 0.889. The molecule has 1 spiro atoms. The van der Waals surface area contributed by atoms with E-state index in [1.54, 1.807) is 6.34 Å². The zero-order valence-electron chi connectivity index (χ0n) is 7.42. The monoisotopic (exact) mass is 167 g/mol. The van der Waals surface area contributed by atoms with E-state index in [4.69, 9.17) is 5.84 Å². The van der Waals surface area contributed by atoms with Crippen LogP contribution in [0.2, 0.25) is 0 Å². The first kappa shape index (κ1) is 8.05. The maximum atomic E-state index is 5.07. The van der Waals surface area contributed by atoms with Crippen LogP contribution in [-0.4, -0.2) is 12.9 Å². The van der Waals surface area contributed by atoms with Crippen LogP contribution in [0.4, 0.5) is 0 Å². The standard InChI is InChI=1S/C9H17N3/c10-12-7-11-6-8-4-9(5-8)2-1-3-9/h7-8H,1-6,10H2,(H,11,12). The summed E-state index contributed by atoms with van der Waals surface area (Å²) < 4.78 is 0. The van der Waals surface area contributed by atoms with Crippen molar-refractivity contribution in [2.24, 2.45) is 22.2 Å². The van der Waals surface area contributed by atoms with E-state index in [1.165, 1.54) is 32.1 Å². The summed E-state index contributed by atoms with van der Waals surface area (Å²) in [6.45, 7) is 0.964. The molecule has 3 nitrogen and oxygen atoms in total. The van der Waals surface area contributed by atoms with Crippen LogP contribution in [0.25, 0.3) is 0 Å². The number of nitrogens with one attached hydrogen (secondary N) is 1. The molecule has 12 heavy (non-hydrogen) atoms. The Morgan fingerprint density at radius 2 is 2.25 bits per heavy atom. The molecule has 2 aliphatic carbocycles. The van der Waals surface area contributed by atoms with Crippen LogP contribution in [0.3, 0.4) is 0 Å². The van der Waals surface area contributed by atoms with E-state index in [1.807, 2.05) is 0 Å². The molecule has 0 aliphatic heterocycles. The highest BCUT2D eigenvalue weighted by Gasteiger charge is 2.47. The van der Waals surface area contributed by atoms with E-state index in [0.29, 0.717) is 0 Å². The Morgan fingerprint density at radius 1 is 1.50 bits per heavy atom. The van der Waals surface area contributed by atoms with Crippen molar-refractivity contribution in [3.8, 4) is 0 Å². The Hall–Kier alpha value is -0.570. The second-order valence-corrected chi connectivity index (χ2v) is 4.29. The molecule has 68 valence electrons. The fourth-order valence-electron chi connectivity index (χ4n) is 2.63. The summed E-state index contributed by atoms with van der Waals surface area (Å²) in [6.07, 6.45) is 8.82. The van der Waals surface area contributed by atoms with Crippen LogP contribution in [-0.2, 0) is 0 Å². The number of hydrazine groups is 1. The predicted molar refractivity (Wildman–Crippen MR) is 49.7 cm³/mol. The molecular weight excluding hydrogens is 150 g/mol. The number of hydrogen-bond acceptors (Lipinski definition) is 2. The van der Waals surface area contributed by atoms with Gasteiger partial charge in [0.1, 0.15) is 0 Å². The zero-order valence-corrected chi connectivity index (χ0v) is 7.42. The Balaban J connectivity index is 1.64. The maximum Gasteiger partial charge on any atom is 0.0964 e. The van der Waals surface area contributed by atoms with Gasteiger partial charge < -0.3 is 5.43 Å². The number of nitrogens with two attached hydrogens (primary N) is 1. The summed E-state index contributed by atoms with van der Waals surface area (Å²) in [5.41, 5.74) is 3.22. The Bertz CT molecular complexity index is 176. The SMILES string of the molecule is NNC=NCC1CC2(CCC2)C1. The van der Waals surface area contributed by atoms with Gasteiger partial charge >= 0.3 is 0 Å². The third-order valence-electron chi connectivity index (χ3n) is 3.39. The minimum absolute atomic E-state index is 0.788. The number of rotatable bonds is 3. The average Bonchev–Trinajstić information content (AvgIpc) is 1.90. The van der Waals surface area contributed by atoms with Gasteiger partial charge in [-0.25, -0.2) is 5.84 Å². The molecule has 0 saturated heterocycles. The first-order valence-corrected chi connectivity index (χ1v) is 4.79. The van der Waals surface area contributed by atoms with Crippen molar-refractivity contribution in [3.05, 3.63) is 0 Å². The van der Waals surface area contributed by atoms with Gasteiger partial charge in [-0.05, 0) is 37.0 Å². The third-order valence-corrected chi connectivity index (χ3v) is 3.39. The van der Waals surface area contributed by atoms with Crippen molar-refractivity contribution < 1.29 is 0 Å². The van der Waals surface area contributed by atoms with Crippen LogP contribution in [0.1, 0.15) is 32.1 Å². The van der Waals surface area contributed by atoms with Crippen LogP contribution < -0.4 is 11.3 Å². The molecule has 0 amide bonds. The van der Waals surface area contributed by atoms with Crippen molar-refractivity contribution in [2.75, 3.05) is 6.54 Å². The summed E-state index contributed by atoms with van der Waals surface area (Å²) >= 11 is 0. The predicted octanol–water partition coefficient (Wildman–Crippen LogP) is 1.06. The van der Waals surface area contributed by atoms with Crippen LogP contribution in [0, 0.1) is 11.3 Å². The molecule has 0 unspecified atom stereocenters. The molecule has 0 aromatic heterocycles. The van der Waals surface area contributed by atoms with Gasteiger partial charge in [0.15, 0.2) is 0 Å². The summed E-state index contributed by atoms with van der Waals surface area (Å²) in [5, 5.41) is 0. The summed E-state index contributed by atoms with van der Waals surface area (Å²) in [6, 6.07) is 0. The van der Waals surface area contributed by atoms with Gasteiger partial charge in [0.2, 0.25) is 0 Å². The molecular formula is C9H17N3. The maximum absolute atomic E-state index is 5.07. The van der Waals surface area contributed by atoms with Gasteiger partial charge in [-0.3, -0.25) is 4.99 Å². The van der Waals surface area contributed by atoms with Crippen molar-refractivity contribution in [3.63, 3.8) is 0 Å². The lowest BCUT2D eigenvalue weighted by Crippen LogP contribution is -2.43. The van der Waals surface area contributed by atoms with Gasteiger partial charge in [0, 0.05) is 6.54 Å². The lowest BCUT2D eigenvalue weighted by Gasteiger charge is -2.54. The molecule has 3 heteroatoms. The quantitative estimate of drug-likeness (QED) is 0.286. The number of hydrogen-bond donors (Lipinski definition) is 2. The van der Waals surface area contributed by atoms with E-state index in [-0.39, 0.29) is 0 Å². The normalized spacial score (nSPS) is 27.1. The van der Waals surface area contributed by atoms with Crippen LogP contribution >= 0.6 is 0 Å². The summed E-state index contributed by atoms with van der Waals surface area (Å²) in [7, 11) is 0. The Labute approximate surface area is 73.4 Å². The van der Waals surface area contributed by atoms with Crippen LogP contribution in [0.5, 0.6) is 0 Å². The average molecular weight is 167 g/mol. The molecule has 2 saturated carbocycles. The molecule has 0 radical (unpaired) electrons. The third kappa shape index (κ3) is 1.33. The molecule has 0 bridgehead atoms. The lowest BCUT2D eigenvalue weighted by atomic mass is 9.52. The number of aliphatic imine (C=N–C) groups is 1. The molecule has 3 N–H and O–H groups in total. The van der Waals surface area contributed by atoms with E-state index >= 15 is 0 Å². The first-order valence-electron chi connectivity index (χ1n) is 4.79. The van der Waals surface area contributed by atoms with Gasteiger partial charge in [0.05, 0.1) is 6.34 Å². The lowest BCUT2D eigenvalue weighted by molar-refractivity contribution is -0.0199. The molecule has 0 aromatic rings. The topological polar surface area (TPSA) is 50.4 Å². The zero-order chi connectivity index (χ0) is 8.44. The first-order chi connectivity index (χ1) is 5.85. The molecule has 0 aromatic carbocycles. The Morgan fingerprint density at radius 3 is 2.75 bits per heavy atom. The second-order valence-electron chi connectivity index (χ2n) is 4.29. The summed E-state index contributed by atoms with van der Waals surface area (Å²) in [4.78, 5) is 4.17. The van der Waals surface area contributed by atoms with E-state index in [9.17, 15) is 0 Å². The highest BCUT2D eigenvalue weighted by atomic mass is 15.2. The summed E-state index contributed by atoms with van der Waals surface area (Å²) in [5.74, 6) is 5.91. The van der Waals surface area contributed by atoms with Crippen molar-refractivity contribution >= 4 is 6.34 Å². The smallest absolute Gasteiger partial charge is 0.0964 e. The van der Waals surface area contributed by atoms with Gasteiger partial charge in [-0.2, -0.15) is 0 Å². The van der Waals surface area contributed by atoms with Crippen LogP contribution in [0.15, 0.2) is 4.99 Å². The van der Waals surface area contributed by atoms with Crippen molar-refractivity contribution in [2.45, 2.75) is 32.1 Å². The minimum atomic E-state index is 0.788. The van der Waals surface area contributed by atoms with Gasteiger partial charge in [-0.1, -0.05) is 6.42 Å². The number of nitrogens with zero attached hydrogens (tertiary/aromatic N) is 1. The van der Waals surface area contributed by atoms with Crippen molar-refractivity contribution in [1.82, 2.24) is 5.43 Å². The molecule has 0 atom stereocenters. The van der Waals surface area contributed by atoms with Crippen molar-refractivity contribution in [1.29, 1.82) is 0 Å². The fourth-order valence-corrected chi connectivity index (χ4v) is 2.63. The van der Waals surface area contributed by atoms with E-state index in [0.717, 1.165) is 17.9 Å². The highest BCUT2D eigenvalue weighted by Crippen LogP contribution is 2.58. The van der Waals surface area contributed by atoms with E-state index < -0.39 is 0 Å². The minimum Gasteiger partial charge on any atom is -0.315 e. The molecule has 2 fully saturated rings. The molecule has 2 rings (SSSR count). The second kappa shape index (κ2) is 3.05. The Kier molecular flexibility index (Phi) is 2.05. The van der Waals surface area contributed by atoms with Gasteiger partial charge in [0.25, 0.3) is 0 Å². The molecule has 0 heterocycles.